The molecule has 1 aromatic carbocycles. The van der Waals surface area contributed by atoms with E-state index in [0.717, 1.165) is 17.6 Å². The van der Waals surface area contributed by atoms with Crippen LogP contribution in [0.3, 0.4) is 0 Å². The number of aromatic amines is 1. The molecule has 2 aromatic rings. The highest BCUT2D eigenvalue weighted by molar-refractivity contribution is 9.10. The maximum absolute atomic E-state index is 3.56. The van der Waals surface area contributed by atoms with Crippen molar-refractivity contribution in [2.45, 2.75) is 20.4 Å². The van der Waals surface area contributed by atoms with Crippen LogP contribution in [0.2, 0.25) is 0 Å². The Bertz CT molecular complexity index is 474. The first-order chi connectivity index (χ1) is 7.24. The summed E-state index contributed by atoms with van der Waals surface area (Å²) >= 11 is 3.56. The second-order valence-electron chi connectivity index (χ2n) is 3.67. The molecule has 0 unspecified atom stereocenters. The molecule has 1 heterocycles. The average Bonchev–Trinajstić information content (AvgIpc) is 2.54. The van der Waals surface area contributed by atoms with Gasteiger partial charge in [-0.2, -0.15) is 0 Å². The SMILES string of the molecule is CCNCc1c(C)[nH]c2c(Br)cccc12. The fraction of sp³-hybridized carbons (Fsp3) is 0.333. The summed E-state index contributed by atoms with van der Waals surface area (Å²) in [6, 6.07) is 6.31. The molecule has 0 amide bonds. The molecule has 80 valence electrons. The maximum atomic E-state index is 3.56. The van der Waals surface area contributed by atoms with Crippen molar-refractivity contribution in [2.75, 3.05) is 6.54 Å². The Morgan fingerprint density at radius 1 is 1.40 bits per heavy atom. The van der Waals surface area contributed by atoms with E-state index in [1.54, 1.807) is 0 Å². The van der Waals surface area contributed by atoms with Crippen molar-refractivity contribution in [1.82, 2.24) is 10.3 Å². The second kappa shape index (κ2) is 4.37. The van der Waals surface area contributed by atoms with Crippen molar-refractivity contribution in [2.24, 2.45) is 0 Å². The molecule has 0 saturated heterocycles. The Morgan fingerprint density at radius 3 is 2.93 bits per heavy atom. The third-order valence-electron chi connectivity index (χ3n) is 2.66. The molecule has 0 fully saturated rings. The summed E-state index contributed by atoms with van der Waals surface area (Å²) < 4.78 is 1.13. The number of hydrogen-bond donors (Lipinski definition) is 2. The molecular weight excluding hydrogens is 252 g/mol. The van der Waals surface area contributed by atoms with Gasteiger partial charge < -0.3 is 10.3 Å². The molecule has 2 N–H and O–H groups in total. The van der Waals surface area contributed by atoms with Crippen LogP contribution in [0.25, 0.3) is 10.9 Å². The van der Waals surface area contributed by atoms with Crippen LogP contribution in [0.5, 0.6) is 0 Å². The van der Waals surface area contributed by atoms with E-state index < -0.39 is 0 Å². The Balaban J connectivity index is 2.53. The monoisotopic (exact) mass is 266 g/mol. The summed E-state index contributed by atoms with van der Waals surface area (Å²) in [5.74, 6) is 0. The van der Waals surface area contributed by atoms with Crippen LogP contribution >= 0.6 is 15.9 Å². The summed E-state index contributed by atoms with van der Waals surface area (Å²) in [5.41, 5.74) is 3.81. The summed E-state index contributed by atoms with van der Waals surface area (Å²) in [7, 11) is 0. The van der Waals surface area contributed by atoms with Crippen molar-refractivity contribution in [3.05, 3.63) is 33.9 Å². The van der Waals surface area contributed by atoms with Gasteiger partial charge in [-0.05, 0) is 41.0 Å². The second-order valence-corrected chi connectivity index (χ2v) is 4.53. The molecule has 0 aliphatic heterocycles. The summed E-state index contributed by atoms with van der Waals surface area (Å²) in [5, 5.41) is 4.68. The van der Waals surface area contributed by atoms with Gasteiger partial charge in [0.05, 0.1) is 5.52 Å². The summed E-state index contributed by atoms with van der Waals surface area (Å²) in [4.78, 5) is 3.42. The van der Waals surface area contributed by atoms with Crippen LogP contribution in [0.4, 0.5) is 0 Å². The maximum Gasteiger partial charge on any atom is 0.0603 e. The third-order valence-corrected chi connectivity index (χ3v) is 3.32. The normalized spacial score (nSPS) is 11.1. The van der Waals surface area contributed by atoms with E-state index in [2.05, 4.69) is 58.3 Å². The number of aryl methyl sites for hydroxylation is 1. The summed E-state index contributed by atoms with van der Waals surface area (Å²) in [6.45, 7) is 6.18. The molecule has 0 aliphatic rings. The van der Waals surface area contributed by atoms with Gasteiger partial charge in [-0.1, -0.05) is 19.1 Å². The van der Waals surface area contributed by atoms with Crippen LogP contribution in [-0.4, -0.2) is 11.5 Å². The van der Waals surface area contributed by atoms with Gasteiger partial charge in [0.15, 0.2) is 0 Å². The number of H-pyrrole nitrogens is 1. The van der Waals surface area contributed by atoms with Gasteiger partial charge in [-0.25, -0.2) is 0 Å². The predicted octanol–water partition coefficient (Wildman–Crippen LogP) is 3.35. The molecule has 15 heavy (non-hydrogen) atoms. The fourth-order valence-corrected chi connectivity index (χ4v) is 2.31. The molecule has 1 aromatic heterocycles. The smallest absolute Gasteiger partial charge is 0.0603 e. The molecule has 3 heteroatoms. The molecule has 0 radical (unpaired) electrons. The van der Waals surface area contributed by atoms with Gasteiger partial charge in [0.2, 0.25) is 0 Å². The van der Waals surface area contributed by atoms with Crippen molar-refractivity contribution >= 4 is 26.8 Å². The molecule has 0 spiro atoms. The fourth-order valence-electron chi connectivity index (χ4n) is 1.85. The number of halogens is 1. The zero-order valence-corrected chi connectivity index (χ0v) is 10.6. The van der Waals surface area contributed by atoms with Gasteiger partial charge in [0.1, 0.15) is 0 Å². The van der Waals surface area contributed by atoms with Gasteiger partial charge in [-0.3, -0.25) is 0 Å². The predicted molar refractivity (Wildman–Crippen MR) is 68.1 cm³/mol. The van der Waals surface area contributed by atoms with Gasteiger partial charge >= 0.3 is 0 Å². The minimum atomic E-state index is 0.929. The van der Waals surface area contributed by atoms with Crippen LogP contribution in [0, 0.1) is 6.92 Å². The molecular formula is C12H15BrN2. The molecule has 0 atom stereocenters. The van der Waals surface area contributed by atoms with E-state index in [4.69, 9.17) is 0 Å². The number of rotatable bonds is 3. The lowest BCUT2D eigenvalue weighted by Gasteiger charge is -2.01. The van der Waals surface area contributed by atoms with E-state index in [-0.39, 0.29) is 0 Å². The first kappa shape index (κ1) is 10.7. The summed E-state index contributed by atoms with van der Waals surface area (Å²) in [6.07, 6.45) is 0. The number of aromatic nitrogens is 1. The Hall–Kier alpha value is -0.800. The first-order valence-corrected chi connectivity index (χ1v) is 5.99. The van der Waals surface area contributed by atoms with Crippen LogP contribution < -0.4 is 5.32 Å². The number of fused-ring (bicyclic) bond motifs is 1. The van der Waals surface area contributed by atoms with Crippen molar-refractivity contribution in [3.8, 4) is 0 Å². The minimum Gasteiger partial charge on any atom is -0.357 e. The number of hydrogen-bond acceptors (Lipinski definition) is 1. The number of benzene rings is 1. The quantitative estimate of drug-likeness (QED) is 0.877. The Labute approximate surface area is 98.2 Å². The highest BCUT2D eigenvalue weighted by Gasteiger charge is 2.08. The van der Waals surface area contributed by atoms with E-state index in [1.807, 2.05) is 0 Å². The number of nitrogens with one attached hydrogen (secondary N) is 2. The standard InChI is InChI=1S/C12H15BrN2/c1-3-14-7-10-8(2)15-12-9(10)5-4-6-11(12)13/h4-6,14-15H,3,7H2,1-2H3. The van der Waals surface area contributed by atoms with Crippen LogP contribution in [0.15, 0.2) is 22.7 Å². The zero-order chi connectivity index (χ0) is 10.8. The van der Waals surface area contributed by atoms with E-state index >= 15 is 0 Å². The highest BCUT2D eigenvalue weighted by atomic mass is 79.9. The third kappa shape index (κ3) is 1.94. The zero-order valence-electron chi connectivity index (χ0n) is 9.02. The highest BCUT2D eigenvalue weighted by Crippen LogP contribution is 2.27. The van der Waals surface area contributed by atoms with Gasteiger partial charge in [0, 0.05) is 22.1 Å². The molecule has 0 bridgehead atoms. The van der Waals surface area contributed by atoms with Crippen LogP contribution in [0.1, 0.15) is 18.2 Å². The average molecular weight is 267 g/mol. The van der Waals surface area contributed by atoms with Crippen LogP contribution in [-0.2, 0) is 6.54 Å². The van der Waals surface area contributed by atoms with Gasteiger partial charge in [-0.15, -0.1) is 0 Å². The molecule has 0 aliphatic carbocycles. The van der Waals surface area contributed by atoms with Gasteiger partial charge in [0.25, 0.3) is 0 Å². The van der Waals surface area contributed by atoms with E-state index in [9.17, 15) is 0 Å². The lowest BCUT2D eigenvalue weighted by Crippen LogP contribution is -2.12. The first-order valence-electron chi connectivity index (χ1n) is 5.20. The number of para-hydroxylation sites is 1. The van der Waals surface area contributed by atoms with E-state index in [1.165, 1.54) is 22.2 Å². The lowest BCUT2D eigenvalue weighted by atomic mass is 10.1. The minimum absolute atomic E-state index is 0.929. The topological polar surface area (TPSA) is 27.8 Å². The van der Waals surface area contributed by atoms with Crippen molar-refractivity contribution in [3.63, 3.8) is 0 Å². The Morgan fingerprint density at radius 2 is 2.20 bits per heavy atom. The van der Waals surface area contributed by atoms with Crippen molar-refractivity contribution in [1.29, 1.82) is 0 Å². The molecule has 0 saturated carbocycles. The van der Waals surface area contributed by atoms with E-state index in [0.29, 0.717) is 0 Å². The largest absolute Gasteiger partial charge is 0.357 e. The Kier molecular flexibility index (Phi) is 3.12. The molecule has 2 rings (SSSR count). The van der Waals surface area contributed by atoms with Crippen molar-refractivity contribution < 1.29 is 0 Å². The molecule has 2 nitrogen and oxygen atoms in total. The lowest BCUT2D eigenvalue weighted by molar-refractivity contribution is 0.727.